The van der Waals surface area contributed by atoms with Crippen molar-refractivity contribution in [3.8, 4) is 0 Å². The van der Waals surface area contributed by atoms with Crippen LogP contribution in [0.5, 0.6) is 0 Å². The monoisotopic (exact) mass is 407 g/mol. The van der Waals surface area contributed by atoms with E-state index in [2.05, 4.69) is 5.10 Å². The molecule has 2 saturated heterocycles. The van der Waals surface area contributed by atoms with E-state index in [4.69, 9.17) is 9.47 Å². The summed E-state index contributed by atoms with van der Waals surface area (Å²) in [6.07, 6.45) is 0. The van der Waals surface area contributed by atoms with E-state index in [1.54, 1.807) is 17.0 Å². The molecule has 2 atom stereocenters. The number of amides is 1. The summed E-state index contributed by atoms with van der Waals surface area (Å²) < 4.78 is 11.6. The molecule has 0 unspecified atom stereocenters. The van der Waals surface area contributed by atoms with E-state index in [1.807, 2.05) is 19.1 Å². The smallest absolute Gasteiger partial charge is 0.316 e. The van der Waals surface area contributed by atoms with Crippen molar-refractivity contribution in [3.63, 3.8) is 0 Å². The average Bonchev–Trinajstić information content (AvgIpc) is 3.23. The van der Waals surface area contributed by atoms with Crippen molar-refractivity contribution in [3.05, 3.63) is 40.3 Å². The molecule has 0 aliphatic carbocycles. The summed E-state index contributed by atoms with van der Waals surface area (Å²) >= 11 is 0. The van der Waals surface area contributed by atoms with Gasteiger partial charge in [-0.15, -0.1) is 12.4 Å². The minimum Gasteiger partial charge on any atom is -0.468 e. The second kappa shape index (κ2) is 7.52. The maximum atomic E-state index is 12.8. The number of aromatic nitrogens is 2. The second-order valence-corrected chi connectivity index (χ2v) is 7.23. The molecule has 2 aromatic rings. The molecule has 1 amide bonds. The maximum absolute atomic E-state index is 12.8. The Hall–Kier alpha value is -2.45. The highest BCUT2D eigenvalue weighted by Crippen LogP contribution is 2.42. The molecule has 2 fully saturated rings. The summed E-state index contributed by atoms with van der Waals surface area (Å²) in [6.45, 7) is 2.98. The van der Waals surface area contributed by atoms with Gasteiger partial charge in [-0.05, 0) is 13.0 Å². The number of likely N-dealkylation sites (tertiary alicyclic amines) is 1. The van der Waals surface area contributed by atoms with Crippen molar-refractivity contribution >= 4 is 35.1 Å². The standard InChI is InChI=1S/C19H21N3O5.ClH/c1-12-14-5-3-4-6-15(14)17(24)22(20-12)8-16(23)21-7-13-9-27-11-19(13,10-21)18(25)26-2;/h3-6,13H,7-11H2,1-2H3;1H/t13-,19-;/m0./s1. The molecule has 0 spiro atoms. The first-order chi connectivity index (χ1) is 13.0. The van der Waals surface area contributed by atoms with Gasteiger partial charge in [0.1, 0.15) is 12.0 Å². The summed E-state index contributed by atoms with van der Waals surface area (Å²) in [5.41, 5.74) is -0.409. The van der Waals surface area contributed by atoms with Crippen molar-refractivity contribution in [1.29, 1.82) is 0 Å². The normalized spacial score (nSPS) is 23.4. The van der Waals surface area contributed by atoms with Gasteiger partial charge in [-0.3, -0.25) is 14.4 Å². The molecule has 28 heavy (non-hydrogen) atoms. The van der Waals surface area contributed by atoms with Crippen LogP contribution in [0.2, 0.25) is 0 Å². The second-order valence-electron chi connectivity index (χ2n) is 7.23. The van der Waals surface area contributed by atoms with E-state index in [0.29, 0.717) is 24.2 Å². The van der Waals surface area contributed by atoms with Gasteiger partial charge in [-0.25, -0.2) is 4.68 Å². The Morgan fingerprint density at radius 1 is 1.32 bits per heavy atom. The molecule has 8 nitrogen and oxygen atoms in total. The Labute approximate surface area is 167 Å². The van der Waals surface area contributed by atoms with Gasteiger partial charge < -0.3 is 14.4 Å². The molecule has 2 aliphatic heterocycles. The van der Waals surface area contributed by atoms with Gasteiger partial charge in [0.2, 0.25) is 5.91 Å². The van der Waals surface area contributed by atoms with E-state index >= 15 is 0 Å². The van der Waals surface area contributed by atoms with E-state index < -0.39 is 5.41 Å². The molecule has 0 saturated carbocycles. The first kappa shape index (κ1) is 20.3. The number of methoxy groups -OCH3 is 1. The Bertz CT molecular complexity index is 991. The van der Waals surface area contributed by atoms with Gasteiger partial charge in [0.15, 0.2) is 0 Å². The van der Waals surface area contributed by atoms with Crippen LogP contribution in [-0.4, -0.2) is 60.0 Å². The van der Waals surface area contributed by atoms with Crippen molar-refractivity contribution in [1.82, 2.24) is 14.7 Å². The van der Waals surface area contributed by atoms with Crippen LogP contribution in [0.15, 0.2) is 29.1 Å². The predicted molar refractivity (Wildman–Crippen MR) is 103 cm³/mol. The minimum absolute atomic E-state index is 0. The molecule has 0 bridgehead atoms. The first-order valence-corrected chi connectivity index (χ1v) is 8.86. The number of carbonyl (C=O) groups excluding carboxylic acids is 2. The van der Waals surface area contributed by atoms with Crippen LogP contribution in [-0.2, 0) is 25.6 Å². The molecule has 2 aliphatic rings. The van der Waals surface area contributed by atoms with Crippen LogP contribution in [0, 0.1) is 18.3 Å². The summed E-state index contributed by atoms with van der Waals surface area (Å²) in [6, 6.07) is 7.21. The van der Waals surface area contributed by atoms with E-state index in [9.17, 15) is 14.4 Å². The summed E-state index contributed by atoms with van der Waals surface area (Å²) in [7, 11) is 1.35. The Morgan fingerprint density at radius 2 is 2.04 bits per heavy atom. The van der Waals surface area contributed by atoms with Gasteiger partial charge in [-0.2, -0.15) is 5.10 Å². The van der Waals surface area contributed by atoms with E-state index in [1.165, 1.54) is 11.8 Å². The van der Waals surface area contributed by atoms with Gasteiger partial charge >= 0.3 is 5.97 Å². The largest absolute Gasteiger partial charge is 0.468 e. The van der Waals surface area contributed by atoms with Crippen molar-refractivity contribution in [2.75, 3.05) is 33.4 Å². The van der Waals surface area contributed by atoms with Crippen LogP contribution < -0.4 is 5.56 Å². The molecule has 4 rings (SSSR count). The number of carbonyl (C=O) groups is 2. The Morgan fingerprint density at radius 3 is 2.75 bits per heavy atom. The first-order valence-electron chi connectivity index (χ1n) is 8.86. The fraction of sp³-hybridized carbons (Fsp3) is 0.474. The van der Waals surface area contributed by atoms with Crippen molar-refractivity contribution in [2.45, 2.75) is 13.5 Å². The third-order valence-corrected chi connectivity index (χ3v) is 5.66. The van der Waals surface area contributed by atoms with Crippen LogP contribution in [0.25, 0.3) is 10.8 Å². The molecule has 0 N–H and O–H groups in total. The summed E-state index contributed by atoms with van der Waals surface area (Å²) in [5.74, 6) is -0.675. The topological polar surface area (TPSA) is 90.7 Å². The lowest BCUT2D eigenvalue weighted by molar-refractivity contribution is -0.153. The number of fused-ring (bicyclic) bond motifs is 2. The Kier molecular flexibility index (Phi) is 5.45. The lowest BCUT2D eigenvalue weighted by atomic mass is 9.81. The third kappa shape index (κ3) is 3.06. The maximum Gasteiger partial charge on any atom is 0.316 e. The van der Waals surface area contributed by atoms with E-state index in [-0.39, 0.29) is 55.5 Å². The fourth-order valence-electron chi connectivity index (χ4n) is 4.16. The minimum atomic E-state index is -0.803. The number of aryl methyl sites for hydroxylation is 1. The molecule has 3 heterocycles. The number of ether oxygens (including phenoxy) is 2. The molecule has 9 heteroatoms. The highest BCUT2D eigenvalue weighted by atomic mass is 35.5. The molecule has 1 aromatic carbocycles. The number of esters is 1. The highest BCUT2D eigenvalue weighted by Gasteiger charge is 2.57. The van der Waals surface area contributed by atoms with Crippen molar-refractivity contribution in [2.24, 2.45) is 11.3 Å². The number of nitrogens with zero attached hydrogens (tertiary/aromatic N) is 3. The lowest BCUT2D eigenvalue weighted by Gasteiger charge is -2.23. The zero-order valence-corrected chi connectivity index (χ0v) is 16.5. The quantitative estimate of drug-likeness (QED) is 0.698. The number of hydrogen-bond acceptors (Lipinski definition) is 6. The molecular formula is C19H22ClN3O5. The predicted octanol–water partition coefficient (Wildman–Crippen LogP) is 0.775. The fourth-order valence-corrected chi connectivity index (χ4v) is 4.16. The molecule has 0 radical (unpaired) electrons. The number of hydrogen-bond donors (Lipinski definition) is 0. The van der Waals surface area contributed by atoms with Gasteiger partial charge in [-0.1, -0.05) is 18.2 Å². The zero-order chi connectivity index (χ0) is 19.2. The summed E-state index contributed by atoms with van der Waals surface area (Å²) in [5, 5.41) is 5.61. The highest BCUT2D eigenvalue weighted by molar-refractivity contribution is 5.85. The lowest BCUT2D eigenvalue weighted by Crippen LogP contribution is -2.42. The Balaban J connectivity index is 0.00000225. The molecule has 150 valence electrons. The van der Waals surface area contributed by atoms with Crippen molar-refractivity contribution < 1.29 is 19.1 Å². The molecule has 1 aromatic heterocycles. The van der Waals surface area contributed by atoms with Crippen LogP contribution >= 0.6 is 12.4 Å². The average molecular weight is 408 g/mol. The zero-order valence-electron chi connectivity index (χ0n) is 15.7. The summed E-state index contributed by atoms with van der Waals surface area (Å²) in [4.78, 5) is 39.4. The van der Waals surface area contributed by atoms with E-state index in [0.717, 1.165) is 5.39 Å². The third-order valence-electron chi connectivity index (χ3n) is 5.66. The number of halogens is 1. The SMILES string of the molecule is COC(=O)[C@@]12COC[C@@H]1CN(C(=O)Cn1nc(C)c3ccccc3c1=O)C2.Cl. The van der Waals surface area contributed by atoms with Crippen LogP contribution in [0.4, 0.5) is 0 Å². The van der Waals surface area contributed by atoms with Gasteiger partial charge in [0.05, 0.1) is 31.4 Å². The molecular weight excluding hydrogens is 386 g/mol. The van der Waals surface area contributed by atoms with Crippen LogP contribution in [0.3, 0.4) is 0 Å². The number of benzene rings is 1. The number of rotatable bonds is 3. The van der Waals surface area contributed by atoms with Crippen LogP contribution in [0.1, 0.15) is 5.69 Å². The van der Waals surface area contributed by atoms with Gasteiger partial charge in [0.25, 0.3) is 5.56 Å². The van der Waals surface area contributed by atoms with Gasteiger partial charge in [0, 0.05) is 24.4 Å².